The molecule has 0 radical (unpaired) electrons. The van der Waals surface area contributed by atoms with Crippen molar-refractivity contribution in [2.75, 3.05) is 0 Å². The smallest absolute Gasteiger partial charge is 0.186 e. The Morgan fingerprint density at radius 3 is 2.42 bits per heavy atom. The Bertz CT molecular complexity index is 420. The van der Waals surface area contributed by atoms with E-state index in [0.717, 1.165) is 11.1 Å². The van der Waals surface area contributed by atoms with Gasteiger partial charge < -0.3 is 0 Å². The Morgan fingerprint density at radius 1 is 0.750 bits per heavy atom. The average molecular weight is 156 g/mol. The van der Waals surface area contributed by atoms with Gasteiger partial charge in [0.2, 0.25) is 0 Å². The summed E-state index contributed by atoms with van der Waals surface area (Å²) in [6.07, 6.45) is 0. The second-order valence-corrected chi connectivity index (χ2v) is 2.67. The molecule has 0 bridgehead atoms. The molecule has 58 valence electrons. The van der Waals surface area contributed by atoms with Gasteiger partial charge in [-0.15, -0.1) is 0 Å². The van der Waals surface area contributed by atoms with E-state index in [4.69, 9.17) is 0 Å². The van der Waals surface area contributed by atoms with Crippen molar-refractivity contribution in [2.45, 2.75) is 0 Å². The highest BCUT2D eigenvalue weighted by molar-refractivity contribution is 5.63. The molecule has 0 amide bonds. The average Bonchev–Trinajstić information content (AvgIpc) is 2.30. The van der Waals surface area contributed by atoms with Crippen molar-refractivity contribution in [3.05, 3.63) is 58.8 Å². The number of benzene rings is 1. The van der Waals surface area contributed by atoms with Gasteiger partial charge in [-0.1, -0.05) is 42.5 Å². The zero-order chi connectivity index (χ0) is 8.39. The summed E-state index contributed by atoms with van der Waals surface area (Å²) in [6, 6.07) is 14.8. The second kappa shape index (κ2) is 2.78. The Balaban J connectivity index is 2.88. The lowest BCUT2D eigenvalue weighted by molar-refractivity contribution is 1.56. The first-order valence-corrected chi connectivity index (χ1v) is 3.86. The van der Waals surface area contributed by atoms with Crippen LogP contribution in [-0.2, 0) is 0 Å². The molecular weight excluding hydrogens is 148 g/mol. The van der Waals surface area contributed by atoms with Crippen LogP contribution < -0.4 is 5.43 Å². The Kier molecular flexibility index (Phi) is 1.63. The van der Waals surface area contributed by atoms with E-state index in [2.05, 4.69) is 0 Å². The zero-order valence-electron chi connectivity index (χ0n) is 6.53. The van der Waals surface area contributed by atoms with Gasteiger partial charge in [-0.2, -0.15) is 0 Å². The summed E-state index contributed by atoms with van der Waals surface area (Å²) in [5.41, 5.74) is 1.86. The highest BCUT2D eigenvalue weighted by atomic mass is 16.1. The van der Waals surface area contributed by atoms with Crippen LogP contribution in [0.25, 0.3) is 11.1 Å². The summed E-state index contributed by atoms with van der Waals surface area (Å²) in [5.74, 6) is 0. The SMILES string of the molecule is O=c1cccc2cccccc1-2. The largest absolute Gasteiger partial charge is 0.289 e. The fraction of sp³-hybridized carbons (Fsp3) is 0. The third-order valence-corrected chi connectivity index (χ3v) is 1.86. The zero-order valence-corrected chi connectivity index (χ0v) is 6.53. The first-order valence-electron chi connectivity index (χ1n) is 3.86. The van der Waals surface area contributed by atoms with E-state index in [-0.39, 0.29) is 5.43 Å². The van der Waals surface area contributed by atoms with Crippen LogP contribution in [-0.4, -0.2) is 0 Å². The molecule has 0 aromatic heterocycles. The van der Waals surface area contributed by atoms with E-state index in [9.17, 15) is 4.79 Å². The molecule has 0 saturated heterocycles. The molecule has 2 rings (SSSR count). The predicted molar refractivity (Wildman–Crippen MR) is 49.3 cm³/mol. The molecule has 0 aliphatic heterocycles. The van der Waals surface area contributed by atoms with Crippen molar-refractivity contribution in [3.63, 3.8) is 0 Å². The van der Waals surface area contributed by atoms with Crippen molar-refractivity contribution in [1.29, 1.82) is 0 Å². The van der Waals surface area contributed by atoms with Gasteiger partial charge in [-0.05, 0) is 11.6 Å². The van der Waals surface area contributed by atoms with E-state index in [1.165, 1.54) is 0 Å². The summed E-state index contributed by atoms with van der Waals surface area (Å²) in [5, 5.41) is 0. The lowest BCUT2D eigenvalue weighted by atomic mass is 10.1. The number of hydrogen-bond donors (Lipinski definition) is 0. The first kappa shape index (κ1) is 7.04. The first-order chi connectivity index (χ1) is 5.88. The Morgan fingerprint density at radius 2 is 1.50 bits per heavy atom. The summed E-state index contributed by atoms with van der Waals surface area (Å²) in [6.45, 7) is 0. The minimum Gasteiger partial charge on any atom is -0.289 e. The third kappa shape index (κ3) is 1.10. The van der Waals surface area contributed by atoms with Crippen LogP contribution in [0.5, 0.6) is 0 Å². The molecule has 0 aromatic rings. The topological polar surface area (TPSA) is 17.1 Å². The molecule has 0 N–H and O–H groups in total. The van der Waals surface area contributed by atoms with Crippen LogP contribution in [0, 0.1) is 0 Å². The predicted octanol–water partition coefficient (Wildman–Crippen LogP) is 2.15. The summed E-state index contributed by atoms with van der Waals surface area (Å²) >= 11 is 0. The molecule has 0 atom stereocenters. The van der Waals surface area contributed by atoms with E-state index < -0.39 is 0 Å². The fourth-order valence-electron chi connectivity index (χ4n) is 1.26. The van der Waals surface area contributed by atoms with Gasteiger partial charge in [0.05, 0.1) is 0 Å². The van der Waals surface area contributed by atoms with Gasteiger partial charge in [0.15, 0.2) is 5.43 Å². The van der Waals surface area contributed by atoms with Crippen LogP contribution in [0.4, 0.5) is 0 Å². The summed E-state index contributed by atoms with van der Waals surface area (Å²) in [7, 11) is 0. The van der Waals surface area contributed by atoms with Crippen molar-refractivity contribution < 1.29 is 0 Å². The Hall–Kier alpha value is -1.63. The molecule has 1 heteroatoms. The van der Waals surface area contributed by atoms with Gasteiger partial charge in [-0.3, -0.25) is 4.79 Å². The van der Waals surface area contributed by atoms with Gasteiger partial charge in [-0.25, -0.2) is 0 Å². The fourth-order valence-corrected chi connectivity index (χ4v) is 1.26. The van der Waals surface area contributed by atoms with Crippen molar-refractivity contribution in [1.82, 2.24) is 0 Å². The van der Waals surface area contributed by atoms with Crippen LogP contribution in [0.1, 0.15) is 0 Å². The molecule has 0 fully saturated rings. The van der Waals surface area contributed by atoms with Gasteiger partial charge in [0, 0.05) is 5.56 Å². The van der Waals surface area contributed by atoms with E-state index in [1.807, 2.05) is 36.4 Å². The van der Waals surface area contributed by atoms with Crippen LogP contribution in [0.2, 0.25) is 0 Å². The maximum absolute atomic E-state index is 11.3. The maximum atomic E-state index is 11.3. The van der Waals surface area contributed by atoms with Gasteiger partial charge >= 0.3 is 0 Å². The number of rotatable bonds is 0. The molecule has 0 spiro atoms. The van der Waals surface area contributed by atoms with Gasteiger partial charge in [0.25, 0.3) is 0 Å². The molecule has 0 heterocycles. The summed E-state index contributed by atoms with van der Waals surface area (Å²) in [4.78, 5) is 11.3. The van der Waals surface area contributed by atoms with Crippen LogP contribution >= 0.6 is 0 Å². The monoisotopic (exact) mass is 156 g/mol. The van der Waals surface area contributed by atoms with E-state index >= 15 is 0 Å². The maximum Gasteiger partial charge on any atom is 0.186 e. The highest BCUT2D eigenvalue weighted by Gasteiger charge is 1.99. The molecule has 0 saturated carbocycles. The molecule has 12 heavy (non-hydrogen) atoms. The summed E-state index contributed by atoms with van der Waals surface area (Å²) < 4.78 is 0. The number of hydrogen-bond acceptors (Lipinski definition) is 1. The lowest BCUT2D eigenvalue weighted by Gasteiger charge is -1.95. The lowest BCUT2D eigenvalue weighted by Crippen LogP contribution is -2.00. The quantitative estimate of drug-likeness (QED) is 0.571. The molecule has 0 aromatic carbocycles. The standard InChI is InChI=1S/C11H8O/c12-11-8-4-6-9-5-2-1-3-7-10(9)11/h1-8H. The van der Waals surface area contributed by atoms with Crippen molar-refractivity contribution in [3.8, 4) is 11.1 Å². The molecule has 2 aliphatic carbocycles. The normalized spacial score (nSPS) is 10.0. The van der Waals surface area contributed by atoms with Crippen LogP contribution in [0.3, 0.4) is 0 Å². The van der Waals surface area contributed by atoms with Crippen molar-refractivity contribution in [2.24, 2.45) is 0 Å². The Labute approximate surface area is 70.6 Å². The molecular formula is C11H8O. The molecule has 2 aliphatic rings. The van der Waals surface area contributed by atoms with Gasteiger partial charge in [0.1, 0.15) is 0 Å². The third-order valence-electron chi connectivity index (χ3n) is 1.86. The number of fused-ring (bicyclic) bond motifs is 1. The molecule has 0 unspecified atom stereocenters. The highest BCUT2D eigenvalue weighted by Crippen LogP contribution is 2.13. The minimum atomic E-state index is 0.0868. The van der Waals surface area contributed by atoms with Crippen LogP contribution in [0.15, 0.2) is 53.3 Å². The second-order valence-electron chi connectivity index (χ2n) is 2.67. The van der Waals surface area contributed by atoms with E-state index in [1.54, 1.807) is 12.1 Å². The minimum absolute atomic E-state index is 0.0868. The van der Waals surface area contributed by atoms with Crippen molar-refractivity contribution >= 4 is 0 Å². The molecule has 1 nitrogen and oxygen atoms in total. The van der Waals surface area contributed by atoms with E-state index in [0.29, 0.717) is 0 Å².